The zero-order valence-electron chi connectivity index (χ0n) is 14.6. The highest BCUT2D eigenvalue weighted by molar-refractivity contribution is 6.30. The van der Waals surface area contributed by atoms with Crippen LogP contribution in [0.4, 0.5) is 5.82 Å². The summed E-state index contributed by atoms with van der Waals surface area (Å²) in [6.45, 7) is 3.93. The Hall–Kier alpha value is -2.53. The van der Waals surface area contributed by atoms with E-state index in [2.05, 4.69) is 22.2 Å². The van der Waals surface area contributed by atoms with Crippen LogP contribution in [0.25, 0.3) is 10.9 Å². The van der Waals surface area contributed by atoms with Crippen LogP contribution < -0.4 is 14.8 Å². The molecule has 1 unspecified atom stereocenters. The van der Waals surface area contributed by atoms with Crippen LogP contribution in [0.3, 0.4) is 0 Å². The number of fused-ring (bicyclic) bond motifs is 1. The number of hydrogen-bond acceptors (Lipinski definition) is 5. The molecule has 0 bridgehead atoms. The molecule has 2 aromatic carbocycles. The molecule has 130 valence electrons. The van der Waals surface area contributed by atoms with Gasteiger partial charge in [-0.25, -0.2) is 9.97 Å². The molecule has 0 amide bonds. The molecule has 1 N–H and O–H groups in total. The van der Waals surface area contributed by atoms with Gasteiger partial charge in [-0.3, -0.25) is 0 Å². The van der Waals surface area contributed by atoms with Crippen LogP contribution in [-0.4, -0.2) is 24.2 Å². The topological polar surface area (TPSA) is 56.3 Å². The molecule has 6 heteroatoms. The van der Waals surface area contributed by atoms with E-state index in [4.69, 9.17) is 21.1 Å². The molecule has 0 aliphatic carbocycles. The maximum atomic E-state index is 6.10. The fourth-order valence-electron chi connectivity index (χ4n) is 2.75. The monoisotopic (exact) mass is 357 g/mol. The Morgan fingerprint density at radius 2 is 1.76 bits per heavy atom. The first-order valence-corrected chi connectivity index (χ1v) is 8.32. The predicted octanol–water partition coefficient (Wildman–Crippen LogP) is 4.78. The number of aryl methyl sites for hydroxylation is 1. The number of hydrogen-bond donors (Lipinski definition) is 1. The fourth-order valence-corrected chi connectivity index (χ4v) is 2.94. The average Bonchev–Trinajstić information content (AvgIpc) is 2.60. The second-order valence-corrected chi connectivity index (χ2v) is 6.20. The van der Waals surface area contributed by atoms with Crippen molar-refractivity contribution >= 4 is 28.3 Å². The SMILES string of the molecule is COc1cc2nc(C)nc(NC(C)c3cccc(Cl)c3)c2cc1OC. The van der Waals surface area contributed by atoms with Gasteiger partial charge in [0.1, 0.15) is 11.6 Å². The minimum absolute atomic E-state index is 0.0318. The summed E-state index contributed by atoms with van der Waals surface area (Å²) in [5.41, 5.74) is 1.88. The summed E-state index contributed by atoms with van der Waals surface area (Å²) in [6.07, 6.45) is 0. The van der Waals surface area contributed by atoms with Crippen molar-refractivity contribution in [1.82, 2.24) is 9.97 Å². The summed E-state index contributed by atoms with van der Waals surface area (Å²) in [5.74, 6) is 2.71. The van der Waals surface area contributed by atoms with Crippen molar-refractivity contribution in [2.24, 2.45) is 0 Å². The Balaban J connectivity index is 2.05. The molecule has 1 aromatic heterocycles. The molecular weight excluding hydrogens is 338 g/mol. The molecule has 1 heterocycles. The number of aromatic nitrogens is 2. The highest BCUT2D eigenvalue weighted by Crippen LogP contribution is 2.35. The van der Waals surface area contributed by atoms with E-state index in [1.165, 1.54) is 0 Å². The van der Waals surface area contributed by atoms with Gasteiger partial charge in [0.15, 0.2) is 11.5 Å². The van der Waals surface area contributed by atoms with Gasteiger partial charge in [-0.05, 0) is 37.6 Å². The maximum absolute atomic E-state index is 6.10. The Morgan fingerprint density at radius 3 is 2.44 bits per heavy atom. The molecule has 5 nitrogen and oxygen atoms in total. The number of nitrogens with zero attached hydrogens (tertiary/aromatic N) is 2. The minimum atomic E-state index is 0.0318. The van der Waals surface area contributed by atoms with E-state index in [9.17, 15) is 0 Å². The van der Waals surface area contributed by atoms with Crippen molar-refractivity contribution in [2.45, 2.75) is 19.9 Å². The lowest BCUT2D eigenvalue weighted by molar-refractivity contribution is 0.356. The summed E-state index contributed by atoms with van der Waals surface area (Å²) < 4.78 is 10.8. The zero-order chi connectivity index (χ0) is 18.0. The second kappa shape index (κ2) is 7.15. The summed E-state index contributed by atoms with van der Waals surface area (Å²) >= 11 is 6.10. The highest BCUT2D eigenvalue weighted by atomic mass is 35.5. The summed E-state index contributed by atoms with van der Waals surface area (Å²) in [6, 6.07) is 11.6. The highest BCUT2D eigenvalue weighted by Gasteiger charge is 2.14. The van der Waals surface area contributed by atoms with Crippen molar-refractivity contribution in [3.8, 4) is 11.5 Å². The molecule has 0 aliphatic heterocycles. The molecule has 0 saturated heterocycles. The Labute approximate surface area is 152 Å². The van der Waals surface area contributed by atoms with Crippen molar-refractivity contribution in [1.29, 1.82) is 0 Å². The van der Waals surface area contributed by atoms with Crippen LogP contribution >= 0.6 is 11.6 Å². The van der Waals surface area contributed by atoms with E-state index < -0.39 is 0 Å². The predicted molar refractivity (Wildman–Crippen MR) is 101 cm³/mol. The quantitative estimate of drug-likeness (QED) is 0.712. The molecule has 0 fully saturated rings. The molecule has 0 saturated carbocycles. The van der Waals surface area contributed by atoms with Gasteiger partial charge in [-0.15, -0.1) is 0 Å². The van der Waals surface area contributed by atoms with Crippen molar-refractivity contribution in [2.75, 3.05) is 19.5 Å². The lowest BCUT2D eigenvalue weighted by Crippen LogP contribution is -2.09. The minimum Gasteiger partial charge on any atom is -0.493 e. The van der Waals surface area contributed by atoms with Gasteiger partial charge < -0.3 is 14.8 Å². The van der Waals surface area contributed by atoms with Gasteiger partial charge in [-0.1, -0.05) is 23.7 Å². The summed E-state index contributed by atoms with van der Waals surface area (Å²) in [7, 11) is 3.22. The lowest BCUT2D eigenvalue weighted by Gasteiger charge is -2.18. The van der Waals surface area contributed by atoms with Crippen molar-refractivity contribution < 1.29 is 9.47 Å². The average molecular weight is 358 g/mol. The number of methoxy groups -OCH3 is 2. The van der Waals surface area contributed by atoms with Crippen LogP contribution in [0.1, 0.15) is 24.4 Å². The molecule has 3 aromatic rings. The third-order valence-electron chi connectivity index (χ3n) is 4.01. The van der Waals surface area contributed by atoms with Gasteiger partial charge >= 0.3 is 0 Å². The van der Waals surface area contributed by atoms with Crippen LogP contribution in [0.2, 0.25) is 5.02 Å². The molecule has 25 heavy (non-hydrogen) atoms. The first-order chi connectivity index (χ1) is 12.0. The van der Waals surface area contributed by atoms with E-state index in [-0.39, 0.29) is 6.04 Å². The Bertz CT molecular complexity index is 915. The lowest BCUT2D eigenvalue weighted by atomic mass is 10.1. The first kappa shape index (κ1) is 17.3. The van der Waals surface area contributed by atoms with E-state index in [1.54, 1.807) is 14.2 Å². The number of rotatable bonds is 5. The smallest absolute Gasteiger partial charge is 0.162 e. The Kier molecular flexibility index (Phi) is 4.95. The number of benzene rings is 2. The summed E-state index contributed by atoms with van der Waals surface area (Å²) in [5, 5.41) is 5.03. The number of nitrogens with one attached hydrogen (secondary N) is 1. The number of halogens is 1. The van der Waals surface area contributed by atoms with Gasteiger partial charge in [-0.2, -0.15) is 0 Å². The second-order valence-electron chi connectivity index (χ2n) is 5.76. The van der Waals surface area contributed by atoms with Gasteiger partial charge in [0.25, 0.3) is 0 Å². The molecular formula is C19H20ClN3O2. The van der Waals surface area contributed by atoms with E-state index in [1.807, 2.05) is 43.3 Å². The van der Waals surface area contributed by atoms with Gasteiger partial charge in [0.2, 0.25) is 0 Å². The van der Waals surface area contributed by atoms with E-state index in [0.29, 0.717) is 22.3 Å². The zero-order valence-corrected chi connectivity index (χ0v) is 15.4. The largest absolute Gasteiger partial charge is 0.493 e. The molecule has 1 atom stereocenters. The van der Waals surface area contributed by atoms with Gasteiger partial charge in [0, 0.05) is 16.5 Å². The Morgan fingerprint density at radius 1 is 1.04 bits per heavy atom. The van der Waals surface area contributed by atoms with Crippen LogP contribution in [-0.2, 0) is 0 Å². The number of ether oxygens (including phenoxy) is 2. The third kappa shape index (κ3) is 3.61. The van der Waals surface area contributed by atoms with Crippen LogP contribution in [0, 0.1) is 6.92 Å². The standard InChI is InChI=1S/C19H20ClN3O2/c1-11(13-6-5-7-14(20)8-13)21-19-15-9-17(24-3)18(25-4)10-16(15)22-12(2)23-19/h5-11H,1-4H3,(H,21,22,23). The summed E-state index contributed by atoms with van der Waals surface area (Å²) in [4.78, 5) is 9.08. The maximum Gasteiger partial charge on any atom is 0.162 e. The van der Waals surface area contributed by atoms with Crippen molar-refractivity contribution in [3.63, 3.8) is 0 Å². The van der Waals surface area contributed by atoms with Gasteiger partial charge in [0.05, 0.1) is 25.8 Å². The van der Waals surface area contributed by atoms with Crippen LogP contribution in [0.15, 0.2) is 36.4 Å². The first-order valence-electron chi connectivity index (χ1n) is 7.94. The van der Waals surface area contributed by atoms with Crippen LogP contribution in [0.5, 0.6) is 11.5 Å². The molecule has 0 radical (unpaired) electrons. The third-order valence-corrected chi connectivity index (χ3v) is 4.25. The molecule has 3 rings (SSSR count). The molecule has 0 aliphatic rings. The fraction of sp³-hybridized carbons (Fsp3) is 0.263. The normalized spacial score (nSPS) is 12.0. The number of anilines is 1. The van der Waals surface area contributed by atoms with Crippen molar-refractivity contribution in [3.05, 3.63) is 52.8 Å². The molecule has 0 spiro atoms. The van der Waals surface area contributed by atoms with E-state index >= 15 is 0 Å². The van der Waals surface area contributed by atoms with E-state index in [0.717, 1.165) is 22.3 Å².